The van der Waals surface area contributed by atoms with Gasteiger partial charge in [-0.25, -0.2) is 0 Å². The van der Waals surface area contributed by atoms with Crippen molar-refractivity contribution >= 4 is 0 Å². The van der Waals surface area contributed by atoms with Crippen molar-refractivity contribution in [1.29, 1.82) is 0 Å². The molecule has 1 aromatic rings. The van der Waals surface area contributed by atoms with Crippen molar-refractivity contribution in [3.63, 3.8) is 0 Å². The van der Waals surface area contributed by atoms with Crippen molar-refractivity contribution in [3.8, 4) is 11.8 Å². The third-order valence-corrected chi connectivity index (χ3v) is 4.69. The zero-order valence-corrected chi connectivity index (χ0v) is 14.3. The maximum atomic E-state index is 3.30. The van der Waals surface area contributed by atoms with Gasteiger partial charge in [0.1, 0.15) is 0 Å². The van der Waals surface area contributed by atoms with Gasteiger partial charge in [-0.3, -0.25) is 4.90 Å². The van der Waals surface area contributed by atoms with Crippen LogP contribution in [0.15, 0.2) is 42.0 Å². The monoisotopic (exact) mass is 305 g/mol. The third kappa shape index (κ3) is 4.85. The lowest BCUT2D eigenvalue weighted by Gasteiger charge is -2.15. The van der Waals surface area contributed by atoms with Crippen LogP contribution in [-0.4, -0.2) is 18.5 Å². The van der Waals surface area contributed by atoms with Crippen LogP contribution in [0.2, 0.25) is 0 Å². The number of benzene rings is 1. The molecule has 0 aliphatic heterocycles. The van der Waals surface area contributed by atoms with E-state index in [9.17, 15) is 0 Å². The lowest BCUT2D eigenvalue weighted by molar-refractivity contribution is 0.369. The number of fused-ring (bicyclic) bond motifs is 1. The molecule has 1 heteroatoms. The second-order valence-electron chi connectivity index (χ2n) is 6.78. The number of allylic oxidation sites excluding steroid dienone is 4. The Kier molecular flexibility index (Phi) is 5.72. The van der Waals surface area contributed by atoms with Crippen LogP contribution < -0.4 is 0 Å². The lowest BCUT2D eigenvalue weighted by atomic mass is 10.00. The molecule has 0 bridgehead atoms. The fraction of sp³-hybridized carbons (Fsp3) is 0.455. The average Bonchev–Trinajstić information content (AvgIpc) is 2.81. The van der Waals surface area contributed by atoms with E-state index in [1.165, 1.54) is 43.2 Å². The maximum Gasteiger partial charge on any atom is 0.0605 e. The molecule has 0 N–H and O–H groups in total. The van der Waals surface area contributed by atoms with Gasteiger partial charge in [0.05, 0.1) is 6.54 Å². The summed E-state index contributed by atoms with van der Waals surface area (Å²) in [5, 5.41) is 0. The van der Waals surface area contributed by atoms with E-state index in [1.54, 1.807) is 11.1 Å². The van der Waals surface area contributed by atoms with E-state index in [0.29, 0.717) is 0 Å². The summed E-state index contributed by atoms with van der Waals surface area (Å²) in [6, 6.07) is 7.09. The molecule has 23 heavy (non-hydrogen) atoms. The van der Waals surface area contributed by atoms with Gasteiger partial charge in [0, 0.05) is 12.1 Å². The average molecular weight is 305 g/mol. The Morgan fingerprint density at radius 3 is 2.74 bits per heavy atom. The van der Waals surface area contributed by atoms with Crippen molar-refractivity contribution in [2.24, 2.45) is 0 Å². The first-order chi connectivity index (χ1) is 11.3. The zero-order valence-electron chi connectivity index (χ0n) is 14.3. The summed E-state index contributed by atoms with van der Waals surface area (Å²) in [5.41, 5.74) is 5.75. The first-order valence-corrected chi connectivity index (χ1v) is 8.96. The number of hydrogen-bond donors (Lipinski definition) is 0. The SMILES string of the molecule is CN(CC#CC1=CCCC=C1)Cc1ccc2c(c1)CCCCC2. The summed E-state index contributed by atoms with van der Waals surface area (Å²) in [7, 11) is 2.16. The molecular weight excluding hydrogens is 278 g/mol. The number of rotatable bonds is 3. The van der Waals surface area contributed by atoms with Gasteiger partial charge < -0.3 is 0 Å². The standard InChI is InChI=1S/C22H27N/c1-23(16-8-11-19-9-4-2-5-10-19)18-20-14-15-21-12-6-3-7-13-22(21)17-20/h4,9-10,14-15,17H,2-3,5-7,12-13,16,18H2,1H3. The highest BCUT2D eigenvalue weighted by Crippen LogP contribution is 2.22. The van der Waals surface area contributed by atoms with Gasteiger partial charge in [0.25, 0.3) is 0 Å². The van der Waals surface area contributed by atoms with Gasteiger partial charge in [-0.2, -0.15) is 0 Å². The minimum absolute atomic E-state index is 0.822. The Hall–Kier alpha value is -1.78. The first-order valence-electron chi connectivity index (χ1n) is 8.96. The predicted octanol–water partition coefficient (Wildman–Crippen LogP) is 4.67. The van der Waals surface area contributed by atoms with Gasteiger partial charge in [-0.1, -0.05) is 54.7 Å². The van der Waals surface area contributed by atoms with Crippen LogP contribution in [0, 0.1) is 11.8 Å². The summed E-state index contributed by atoms with van der Waals surface area (Å²) in [5.74, 6) is 6.58. The molecule has 0 saturated carbocycles. The molecule has 0 fully saturated rings. The first kappa shape index (κ1) is 16.1. The number of hydrogen-bond acceptors (Lipinski definition) is 1. The van der Waals surface area contributed by atoms with E-state index in [2.05, 4.69) is 60.2 Å². The van der Waals surface area contributed by atoms with E-state index in [-0.39, 0.29) is 0 Å². The van der Waals surface area contributed by atoms with Gasteiger partial charge >= 0.3 is 0 Å². The normalized spacial score (nSPS) is 17.0. The fourth-order valence-electron chi connectivity index (χ4n) is 3.41. The molecule has 0 amide bonds. The minimum Gasteiger partial charge on any atom is -0.291 e. The Labute approximate surface area is 141 Å². The third-order valence-electron chi connectivity index (χ3n) is 4.69. The summed E-state index contributed by atoms with van der Waals surface area (Å²) in [6.45, 7) is 1.80. The maximum absolute atomic E-state index is 3.30. The van der Waals surface area contributed by atoms with Gasteiger partial charge in [-0.05, 0) is 62.3 Å². The molecule has 0 aromatic heterocycles. The van der Waals surface area contributed by atoms with E-state index in [0.717, 1.165) is 25.9 Å². The number of nitrogens with zero attached hydrogens (tertiary/aromatic N) is 1. The van der Waals surface area contributed by atoms with Crippen molar-refractivity contribution in [2.75, 3.05) is 13.6 Å². The van der Waals surface area contributed by atoms with Crippen molar-refractivity contribution in [3.05, 3.63) is 58.7 Å². The Morgan fingerprint density at radius 2 is 1.91 bits per heavy atom. The van der Waals surface area contributed by atoms with Crippen LogP contribution in [0.1, 0.15) is 48.8 Å². The molecule has 0 unspecified atom stereocenters. The molecule has 0 spiro atoms. The molecule has 2 aliphatic rings. The molecule has 3 rings (SSSR count). The molecule has 1 aromatic carbocycles. The quantitative estimate of drug-likeness (QED) is 0.579. The molecular formula is C22H27N. The van der Waals surface area contributed by atoms with Crippen LogP contribution in [-0.2, 0) is 19.4 Å². The molecule has 120 valence electrons. The van der Waals surface area contributed by atoms with E-state index < -0.39 is 0 Å². The minimum atomic E-state index is 0.822. The fourth-order valence-corrected chi connectivity index (χ4v) is 3.41. The second-order valence-corrected chi connectivity index (χ2v) is 6.78. The molecule has 0 radical (unpaired) electrons. The van der Waals surface area contributed by atoms with Crippen LogP contribution in [0.3, 0.4) is 0 Å². The van der Waals surface area contributed by atoms with Crippen LogP contribution in [0.25, 0.3) is 0 Å². The summed E-state index contributed by atoms with van der Waals surface area (Å²) in [4.78, 5) is 2.30. The Morgan fingerprint density at radius 1 is 1.04 bits per heavy atom. The second kappa shape index (κ2) is 8.18. The highest BCUT2D eigenvalue weighted by molar-refractivity contribution is 5.40. The van der Waals surface area contributed by atoms with Crippen LogP contribution in [0.4, 0.5) is 0 Å². The van der Waals surface area contributed by atoms with E-state index in [1.807, 2.05) is 0 Å². The summed E-state index contributed by atoms with van der Waals surface area (Å²) < 4.78 is 0. The van der Waals surface area contributed by atoms with Gasteiger partial charge in [-0.15, -0.1) is 0 Å². The topological polar surface area (TPSA) is 3.24 Å². The molecule has 0 atom stereocenters. The van der Waals surface area contributed by atoms with Crippen LogP contribution >= 0.6 is 0 Å². The van der Waals surface area contributed by atoms with Crippen molar-refractivity contribution < 1.29 is 0 Å². The van der Waals surface area contributed by atoms with Crippen molar-refractivity contribution in [2.45, 2.75) is 51.5 Å². The smallest absolute Gasteiger partial charge is 0.0605 e. The molecule has 0 heterocycles. The Balaban J connectivity index is 1.56. The highest BCUT2D eigenvalue weighted by atomic mass is 15.1. The molecule has 2 aliphatic carbocycles. The zero-order chi connectivity index (χ0) is 15.9. The molecule has 1 nitrogen and oxygen atoms in total. The van der Waals surface area contributed by atoms with E-state index in [4.69, 9.17) is 0 Å². The lowest BCUT2D eigenvalue weighted by Crippen LogP contribution is -2.18. The van der Waals surface area contributed by atoms with Gasteiger partial charge in [0.2, 0.25) is 0 Å². The summed E-state index contributed by atoms with van der Waals surface area (Å²) >= 11 is 0. The van der Waals surface area contributed by atoms with Gasteiger partial charge in [0.15, 0.2) is 0 Å². The molecule has 0 saturated heterocycles. The highest BCUT2D eigenvalue weighted by Gasteiger charge is 2.09. The predicted molar refractivity (Wildman–Crippen MR) is 98.3 cm³/mol. The van der Waals surface area contributed by atoms with Crippen molar-refractivity contribution in [1.82, 2.24) is 4.90 Å². The van der Waals surface area contributed by atoms with Crippen LogP contribution in [0.5, 0.6) is 0 Å². The Bertz CT molecular complexity index is 654. The van der Waals surface area contributed by atoms with E-state index >= 15 is 0 Å². The number of aryl methyl sites for hydroxylation is 2. The summed E-state index contributed by atoms with van der Waals surface area (Å²) in [6.07, 6.45) is 15.5. The largest absolute Gasteiger partial charge is 0.291 e.